The van der Waals surface area contributed by atoms with Crippen LogP contribution in [-0.4, -0.2) is 67.7 Å². The average Bonchev–Trinajstić information content (AvgIpc) is 3.11. The van der Waals surface area contributed by atoms with Crippen LogP contribution in [0.15, 0.2) is 12.1 Å². The van der Waals surface area contributed by atoms with Gasteiger partial charge in [-0.3, -0.25) is 19.3 Å². The molecule has 0 radical (unpaired) electrons. The molecule has 1 aromatic rings. The summed E-state index contributed by atoms with van der Waals surface area (Å²) in [5.41, 5.74) is -0.896. The van der Waals surface area contributed by atoms with Crippen LogP contribution in [0.5, 0.6) is 0 Å². The number of hydrogen-bond donors (Lipinski definition) is 1. The van der Waals surface area contributed by atoms with E-state index in [0.29, 0.717) is 13.0 Å². The zero-order chi connectivity index (χ0) is 23.9. The lowest BCUT2D eigenvalue weighted by molar-refractivity contribution is -0.150. The highest BCUT2D eigenvalue weighted by molar-refractivity contribution is 5.90. The summed E-state index contributed by atoms with van der Waals surface area (Å²) in [6, 6.07) is 2.19. The van der Waals surface area contributed by atoms with E-state index >= 15 is 8.78 Å². The highest BCUT2D eigenvalue weighted by atomic mass is 19.1. The molecule has 1 aromatic carbocycles. The molecule has 0 unspecified atom stereocenters. The van der Waals surface area contributed by atoms with Gasteiger partial charge in [0.15, 0.2) is 6.61 Å². The van der Waals surface area contributed by atoms with Crippen molar-refractivity contribution in [3.05, 3.63) is 29.3 Å². The number of halogens is 2. The Bertz CT molecular complexity index is 995. The quantitative estimate of drug-likeness (QED) is 0.612. The summed E-state index contributed by atoms with van der Waals surface area (Å²) < 4.78 is 40.2. The molecule has 1 aliphatic carbocycles. The first-order chi connectivity index (χ1) is 15.6. The number of carbonyl (C=O) groups is 4. The van der Waals surface area contributed by atoms with Crippen molar-refractivity contribution in [2.75, 3.05) is 37.7 Å². The molecular formula is C22H25F2N3O6. The summed E-state index contributed by atoms with van der Waals surface area (Å²) in [5, 5.41) is 2.62. The topological polar surface area (TPSA) is 105 Å². The van der Waals surface area contributed by atoms with E-state index in [1.165, 1.54) is 11.8 Å². The molecule has 3 amide bonds. The lowest BCUT2D eigenvalue weighted by atomic mass is 9.93. The van der Waals surface area contributed by atoms with Crippen molar-refractivity contribution in [1.29, 1.82) is 0 Å². The van der Waals surface area contributed by atoms with Gasteiger partial charge in [0.05, 0.1) is 18.8 Å². The highest BCUT2D eigenvalue weighted by Gasteiger charge is 2.63. The zero-order valence-corrected chi connectivity index (χ0v) is 18.4. The van der Waals surface area contributed by atoms with Crippen molar-refractivity contribution in [1.82, 2.24) is 10.2 Å². The van der Waals surface area contributed by atoms with Crippen LogP contribution in [0, 0.1) is 17.6 Å². The van der Waals surface area contributed by atoms with E-state index in [1.54, 1.807) is 6.92 Å². The lowest BCUT2D eigenvalue weighted by Gasteiger charge is -2.23. The maximum absolute atomic E-state index is 15.1. The number of rotatable bonds is 7. The number of carbonyl (C=O) groups excluding carboxylic acids is 4. The first-order valence-corrected chi connectivity index (χ1v) is 10.8. The molecule has 1 N–H and O–H groups in total. The van der Waals surface area contributed by atoms with Gasteiger partial charge in [-0.1, -0.05) is 6.92 Å². The fourth-order valence-electron chi connectivity index (χ4n) is 4.70. The number of likely N-dealkylation sites (tertiary alicyclic amines) is 1. The van der Waals surface area contributed by atoms with E-state index in [1.807, 2.05) is 0 Å². The second-order valence-corrected chi connectivity index (χ2v) is 8.67. The fraction of sp³-hybridized carbons (Fsp3) is 0.545. The number of ether oxygens (including phenoxy) is 2. The maximum atomic E-state index is 15.1. The summed E-state index contributed by atoms with van der Waals surface area (Å²) in [6.45, 7) is 3.12. The number of cyclic esters (lactones) is 1. The predicted molar refractivity (Wildman–Crippen MR) is 110 cm³/mol. The van der Waals surface area contributed by atoms with E-state index in [9.17, 15) is 19.2 Å². The Morgan fingerprint density at radius 1 is 1.24 bits per heavy atom. The third-order valence-electron chi connectivity index (χ3n) is 6.46. The van der Waals surface area contributed by atoms with Crippen LogP contribution in [-0.2, 0) is 29.3 Å². The van der Waals surface area contributed by atoms with Crippen molar-refractivity contribution in [3.63, 3.8) is 0 Å². The van der Waals surface area contributed by atoms with Gasteiger partial charge in [-0.05, 0) is 24.5 Å². The molecule has 3 fully saturated rings. The van der Waals surface area contributed by atoms with Crippen LogP contribution in [0.4, 0.5) is 19.3 Å². The Balaban J connectivity index is 1.46. The van der Waals surface area contributed by atoms with Crippen molar-refractivity contribution in [2.45, 2.75) is 38.2 Å². The first-order valence-electron chi connectivity index (χ1n) is 10.8. The van der Waals surface area contributed by atoms with E-state index in [0.717, 1.165) is 17.0 Å². The molecule has 0 bridgehead atoms. The van der Waals surface area contributed by atoms with Gasteiger partial charge in [-0.25, -0.2) is 13.6 Å². The lowest BCUT2D eigenvalue weighted by Crippen LogP contribution is -2.36. The van der Waals surface area contributed by atoms with Crippen LogP contribution in [0.1, 0.15) is 32.3 Å². The minimum absolute atomic E-state index is 0.0254. The van der Waals surface area contributed by atoms with Crippen LogP contribution in [0.3, 0.4) is 0 Å². The minimum Gasteiger partial charge on any atom is -0.456 e. The predicted octanol–water partition coefficient (Wildman–Crippen LogP) is 1.48. The van der Waals surface area contributed by atoms with E-state index in [-0.39, 0.29) is 49.1 Å². The zero-order valence-electron chi connectivity index (χ0n) is 18.4. The molecule has 2 saturated heterocycles. The maximum Gasteiger partial charge on any atom is 0.414 e. The minimum atomic E-state index is -0.822. The molecule has 9 nitrogen and oxygen atoms in total. The SMILES string of the molecule is CCC(=O)NC[C@H]1CN(c2cc(F)c([C@]34C[C@H]3CN(C(=O)COC(C)=O)C4)c(F)c2)C(=O)O1. The first kappa shape index (κ1) is 22.9. The summed E-state index contributed by atoms with van der Waals surface area (Å²) in [4.78, 5) is 49.4. The average molecular weight is 465 g/mol. The van der Waals surface area contributed by atoms with Crippen molar-refractivity contribution >= 4 is 29.6 Å². The number of fused-ring (bicyclic) bond motifs is 1. The summed E-state index contributed by atoms with van der Waals surface area (Å²) in [7, 11) is 0. The molecule has 0 spiro atoms. The molecular weight excluding hydrogens is 440 g/mol. The number of benzene rings is 1. The standard InChI is InChI=1S/C22H25F2N3O6/c1-3-18(29)25-7-15-9-27(21(31)33-15)14-4-16(23)20(17(24)5-14)22-6-13(22)8-26(11-22)19(30)10-32-12(2)28/h4-5,13,15H,3,6-11H2,1-2H3,(H,25,29)/t13-,15-,22-/m0/s1. The molecule has 4 rings (SSSR count). The largest absolute Gasteiger partial charge is 0.456 e. The van der Waals surface area contributed by atoms with Gasteiger partial charge in [0.25, 0.3) is 5.91 Å². The number of hydrogen-bond acceptors (Lipinski definition) is 6. The smallest absolute Gasteiger partial charge is 0.414 e. The molecule has 3 aliphatic rings. The Kier molecular flexibility index (Phi) is 5.98. The third kappa shape index (κ3) is 4.36. The Morgan fingerprint density at radius 3 is 2.58 bits per heavy atom. The third-order valence-corrected chi connectivity index (χ3v) is 6.46. The second kappa shape index (κ2) is 8.60. The van der Waals surface area contributed by atoms with Gasteiger partial charge in [0, 0.05) is 37.4 Å². The number of esters is 1. The molecule has 11 heteroatoms. The van der Waals surface area contributed by atoms with Crippen LogP contribution >= 0.6 is 0 Å². The molecule has 2 aliphatic heterocycles. The second-order valence-electron chi connectivity index (χ2n) is 8.67. The normalized spacial score (nSPS) is 25.5. The number of amides is 3. The van der Waals surface area contributed by atoms with Gasteiger partial charge in [0.2, 0.25) is 5.91 Å². The van der Waals surface area contributed by atoms with Crippen LogP contribution in [0.25, 0.3) is 0 Å². The Hall–Kier alpha value is -3.24. The Morgan fingerprint density at radius 2 is 1.94 bits per heavy atom. The van der Waals surface area contributed by atoms with Crippen molar-refractivity contribution in [2.24, 2.45) is 5.92 Å². The van der Waals surface area contributed by atoms with Crippen LogP contribution in [0.2, 0.25) is 0 Å². The molecule has 2 heterocycles. The van der Waals surface area contributed by atoms with E-state index in [4.69, 9.17) is 9.47 Å². The fourth-order valence-corrected chi connectivity index (χ4v) is 4.70. The molecule has 178 valence electrons. The van der Waals surface area contributed by atoms with Gasteiger partial charge >= 0.3 is 12.1 Å². The van der Waals surface area contributed by atoms with Gasteiger partial charge in [0.1, 0.15) is 17.7 Å². The Labute approximate surface area is 189 Å². The van der Waals surface area contributed by atoms with Crippen molar-refractivity contribution in [3.8, 4) is 0 Å². The number of nitrogens with zero attached hydrogens (tertiary/aromatic N) is 2. The molecule has 0 aromatic heterocycles. The van der Waals surface area contributed by atoms with E-state index < -0.39 is 47.7 Å². The number of anilines is 1. The van der Waals surface area contributed by atoms with Crippen molar-refractivity contribution < 1.29 is 37.4 Å². The van der Waals surface area contributed by atoms with Crippen LogP contribution < -0.4 is 10.2 Å². The molecule has 3 atom stereocenters. The van der Waals surface area contributed by atoms with Gasteiger partial charge in [-0.2, -0.15) is 0 Å². The van der Waals surface area contributed by atoms with E-state index in [2.05, 4.69) is 5.32 Å². The van der Waals surface area contributed by atoms with Gasteiger partial charge < -0.3 is 19.7 Å². The highest BCUT2D eigenvalue weighted by Crippen LogP contribution is 2.60. The number of nitrogens with one attached hydrogen (secondary N) is 1. The summed E-state index contributed by atoms with van der Waals surface area (Å²) in [5.74, 6) is -2.85. The molecule has 33 heavy (non-hydrogen) atoms. The molecule has 1 saturated carbocycles. The monoisotopic (exact) mass is 465 g/mol. The number of piperidine rings is 1. The van der Waals surface area contributed by atoms with Gasteiger partial charge in [-0.15, -0.1) is 0 Å². The summed E-state index contributed by atoms with van der Waals surface area (Å²) >= 11 is 0. The summed E-state index contributed by atoms with van der Waals surface area (Å²) in [6.07, 6.45) is -0.542.